The van der Waals surface area contributed by atoms with Crippen molar-refractivity contribution in [2.75, 3.05) is 18.1 Å². The highest BCUT2D eigenvalue weighted by atomic mass is 32.1. The van der Waals surface area contributed by atoms with Crippen LogP contribution in [0.15, 0.2) is 17.5 Å². The zero-order valence-corrected chi connectivity index (χ0v) is 7.76. The lowest BCUT2D eigenvalue weighted by Gasteiger charge is -2.22. The first-order valence-electron chi connectivity index (χ1n) is 4.33. The Hall–Kier alpha value is -0.540. The van der Waals surface area contributed by atoms with Gasteiger partial charge in [-0.05, 0) is 30.4 Å². The van der Waals surface area contributed by atoms with Crippen LogP contribution in [0.25, 0.3) is 0 Å². The summed E-state index contributed by atoms with van der Waals surface area (Å²) in [4.78, 5) is 2.31. The van der Waals surface area contributed by atoms with Crippen LogP contribution in [-0.2, 0) is 0 Å². The molecule has 1 aromatic heterocycles. The summed E-state index contributed by atoms with van der Waals surface area (Å²) >= 11 is 1.75. The fourth-order valence-electron chi connectivity index (χ4n) is 1.75. The number of aliphatic hydroxyl groups excluding tert-OH is 1. The highest BCUT2D eigenvalue weighted by Crippen LogP contribution is 2.28. The van der Waals surface area contributed by atoms with E-state index in [-0.39, 0.29) is 6.61 Å². The molecule has 1 aromatic rings. The van der Waals surface area contributed by atoms with Crippen LogP contribution in [0.5, 0.6) is 0 Å². The highest BCUT2D eigenvalue weighted by Gasteiger charge is 2.23. The van der Waals surface area contributed by atoms with Gasteiger partial charge in [0.2, 0.25) is 0 Å². The van der Waals surface area contributed by atoms with Gasteiger partial charge in [-0.25, -0.2) is 0 Å². The Labute approximate surface area is 76.4 Å². The van der Waals surface area contributed by atoms with E-state index in [2.05, 4.69) is 22.4 Å². The number of nitrogens with zero attached hydrogens (tertiary/aromatic N) is 1. The van der Waals surface area contributed by atoms with E-state index in [1.165, 1.54) is 11.4 Å². The van der Waals surface area contributed by atoms with Crippen LogP contribution in [0, 0.1) is 0 Å². The van der Waals surface area contributed by atoms with Gasteiger partial charge < -0.3 is 10.0 Å². The van der Waals surface area contributed by atoms with Crippen molar-refractivity contribution < 1.29 is 5.11 Å². The molecule has 1 N–H and O–H groups in total. The van der Waals surface area contributed by atoms with E-state index in [1.807, 2.05) is 0 Å². The van der Waals surface area contributed by atoms with Crippen LogP contribution in [-0.4, -0.2) is 24.3 Å². The lowest BCUT2D eigenvalue weighted by atomic mass is 10.2. The molecule has 0 bridgehead atoms. The van der Waals surface area contributed by atoms with E-state index in [1.54, 1.807) is 11.3 Å². The van der Waals surface area contributed by atoms with Gasteiger partial charge >= 0.3 is 0 Å². The van der Waals surface area contributed by atoms with E-state index in [0.29, 0.717) is 6.04 Å². The van der Waals surface area contributed by atoms with E-state index < -0.39 is 0 Å². The van der Waals surface area contributed by atoms with Crippen molar-refractivity contribution >= 4 is 16.3 Å². The van der Waals surface area contributed by atoms with Crippen molar-refractivity contribution in [1.29, 1.82) is 0 Å². The number of hydrogen-bond donors (Lipinski definition) is 1. The van der Waals surface area contributed by atoms with Gasteiger partial charge in [-0.15, -0.1) is 11.3 Å². The molecule has 2 rings (SSSR count). The van der Waals surface area contributed by atoms with Crippen LogP contribution in [0.2, 0.25) is 0 Å². The third kappa shape index (κ3) is 1.34. The molecule has 0 spiro atoms. The monoisotopic (exact) mass is 183 g/mol. The van der Waals surface area contributed by atoms with Crippen molar-refractivity contribution in [3.8, 4) is 0 Å². The summed E-state index contributed by atoms with van der Waals surface area (Å²) in [7, 11) is 0. The lowest BCUT2D eigenvalue weighted by molar-refractivity contribution is 0.266. The van der Waals surface area contributed by atoms with E-state index >= 15 is 0 Å². The zero-order valence-electron chi connectivity index (χ0n) is 6.94. The molecule has 0 amide bonds. The molecule has 2 heterocycles. The van der Waals surface area contributed by atoms with Crippen LogP contribution in [0.1, 0.15) is 12.8 Å². The standard InChI is InChI=1S/C9H13NOS/c11-7-8-3-1-5-10(8)9-4-2-6-12-9/h2,4,6,8,11H,1,3,5,7H2/t8-/m0/s1. The molecule has 0 saturated carbocycles. The minimum absolute atomic E-state index is 0.290. The maximum Gasteiger partial charge on any atom is 0.0911 e. The predicted molar refractivity (Wildman–Crippen MR) is 51.8 cm³/mol. The normalized spacial score (nSPS) is 23.4. The van der Waals surface area contributed by atoms with Gasteiger partial charge in [0, 0.05) is 6.54 Å². The van der Waals surface area contributed by atoms with Gasteiger partial charge in [0.15, 0.2) is 0 Å². The summed E-state index contributed by atoms with van der Waals surface area (Å²) < 4.78 is 0. The highest BCUT2D eigenvalue weighted by molar-refractivity contribution is 7.14. The molecule has 1 atom stereocenters. The van der Waals surface area contributed by atoms with E-state index in [9.17, 15) is 0 Å². The minimum Gasteiger partial charge on any atom is -0.394 e. The van der Waals surface area contributed by atoms with E-state index in [4.69, 9.17) is 5.11 Å². The number of thiophene rings is 1. The summed E-state index contributed by atoms with van der Waals surface area (Å²) in [5, 5.41) is 12.5. The number of aliphatic hydroxyl groups is 1. The molecule has 12 heavy (non-hydrogen) atoms. The second-order valence-corrected chi connectivity index (χ2v) is 4.05. The van der Waals surface area contributed by atoms with Gasteiger partial charge in [-0.3, -0.25) is 0 Å². The molecule has 1 saturated heterocycles. The first kappa shape index (κ1) is 8.08. The Morgan fingerprint density at radius 2 is 2.58 bits per heavy atom. The molecule has 0 aliphatic carbocycles. The minimum atomic E-state index is 0.290. The number of rotatable bonds is 2. The molecule has 1 aliphatic heterocycles. The quantitative estimate of drug-likeness (QED) is 0.754. The van der Waals surface area contributed by atoms with Crippen molar-refractivity contribution in [3.63, 3.8) is 0 Å². The van der Waals surface area contributed by atoms with E-state index in [0.717, 1.165) is 13.0 Å². The fraction of sp³-hybridized carbons (Fsp3) is 0.556. The molecule has 1 aliphatic rings. The molecule has 1 fully saturated rings. The van der Waals surface area contributed by atoms with Gasteiger partial charge in [-0.2, -0.15) is 0 Å². The summed E-state index contributed by atoms with van der Waals surface area (Å²) in [5.41, 5.74) is 0. The Morgan fingerprint density at radius 3 is 3.25 bits per heavy atom. The molecule has 0 aromatic carbocycles. The maximum atomic E-state index is 9.10. The summed E-state index contributed by atoms with van der Waals surface area (Å²) in [5.74, 6) is 0. The van der Waals surface area contributed by atoms with Gasteiger partial charge in [0.25, 0.3) is 0 Å². The second-order valence-electron chi connectivity index (χ2n) is 3.12. The topological polar surface area (TPSA) is 23.5 Å². The molecular formula is C9H13NOS. The summed E-state index contributed by atoms with van der Waals surface area (Å²) in [6, 6.07) is 4.55. The zero-order chi connectivity index (χ0) is 8.39. The first-order chi connectivity index (χ1) is 5.92. The van der Waals surface area contributed by atoms with Crippen molar-refractivity contribution in [3.05, 3.63) is 17.5 Å². The Kier molecular flexibility index (Phi) is 2.33. The lowest BCUT2D eigenvalue weighted by Crippen LogP contribution is -2.31. The SMILES string of the molecule is OC[C@@H]1CCCN1c1cccs1. The maximum absolute atomic E-state index is 9.10. The van der Waals surface area contributed by atoms with Crippen LogP contribution in [0.3, 0.4) is 0 Å². The second kappa shape index (κ2) is 3.46. The predicted octanol–water partition coefficient (Wildman–Crippen LogP) is 1.71. The first-order valence-corrected chi connectivity index (χ1v) is 5.21. The Bertz CT molecular complexity index is 235. The molecule has 0 unspecified atom stereocenters. The van der Waals surface area contributed by atoms with Crippen molar-refractivity contribution in [2.24, 2.45) is 0 Å². The van der Waals surface area contributed by atoms with Gasteiger partial charge in [0.1, 0.15) is 0 Å². The summed E-state index contributed by atoms with van der Waals surface area (Å²) in [6.07, 6.45) is 2.34. The van der Waals surface area contributed by atoms with Crippen molar-refractivity contribution in [1.82, 2.24) is 0 Å². The fourth-order valence-corrected chi connectivity index (χ4v) is 2.58. The number of hydrogen-bond acceptors (Lipinski definition) is 3. The average molecular weight is 183 g/mol. The molecule has 0 radical (unpaired) electrons. The Morgan fingerprint density at radius 1 is 1.67 bits per heavy atom. The summed E-state index contributed by atoms with van der Waals surface area (Å²) in [6.45, 7) is 1.39. The van der Waals surface area contributed by atoms with Crippen LogP contribution in [0.4, 0.5) is 5.00 Å². The van der Waals surface area contributed by atoms with Crippen LogP contribution >= 0.6 is 11.3 Å². The van der Waals surface area contributed by atoms with Gasteiger partial charge in [0.05, 0.1) is 17.6 Å². The van der Waals surface area contributed by atoms with Crippen molar-refractivity contribution in [2.45, 2.75) is 18.9 Å². The largest absolute Gasteiger partial charge is 0.394 e. The molecule has 66 valence electrons. The third-order valence-corrected chi connectivity index (χ3v) is 3.28. The number of anilines is 1. The Balaban J connectivity index is 2.13. The molecule has 3 heteroatoms. The van der Waals surface area contributed by atoms with Gasteiger partial charge in [-0.1, -0.05) is 0 Å². The molecular weight excluding hydrogens is 170 g/mol. The smallest absolute Gasteiger partial charge is 0.0911 e. The average Bonchev–Trinajstić information content (AvgIpc) is 2.74. The molecule has 2 nitrogen and oxygen atoms in total. The third-order valence-electron chi connectivity index (χ3n) is 2.38. The van der Waals surface area contributed by atoms with Crippen LogP contribution < -0.4 is 4.90 Å².